The summed E-state index contributed by atoms with van der Waals surface area (Å²) in [6, 6.07) is 10.8. The number of hydrogen-bond donors (Lipinski definition) is 1. The van der Waals surface area contributed by atoms with Crippen molar-refractivity contribution < 1.29 is 0 Å². The van der Waals surface area contributed by atoms with Gasteiger partial charge in [-0.15, -0.1) is 11.8 Å². The van der Waals surface area contributed by atoms with Crippen LogP contribution in [0.3, 0.4) is 0 Å². The molecule has 2 atom stereocenters. The minimum atomic E-state index is 0.564. The first-order chi connectivity index (χ1) is 9.24. The lowest BCUT2D eigenvalue weighted by Gasteiger charge is -2.29. The Morgan fingerprint density at radius 2 is 2.11 bits per heavy atom. The molecule has 0 amide bonds. The van der Waals surface area contributed by atoms with Gasteiger partial charge >= 0.3 is 0 Å². The first-order valence-electron chi connectivity index (χ1n) is 7.46. The van der Waals surface area contributed by atoms with Crippen LogP contribution in [0.5, 0.6) is 0 Å². The molecule has 0 aliphatic carbocycles. The molecular weight excluding hydrogens is 252 g/mol. The molecule has 0 saturated carbocycles. The van der Waals surface area contributed by atoms with Crippen molar-refractivity contribution in [3.05, 3.63) is 29.8 Å². The van der Waals surface area contributed by atoms with E-state index >= 15 is 0 Å². The Labute approximate surface area is 121 Å². The van der Waals surface area contributed by atoms with E-state index in [-0.39, 0.29) is 0 Å². The number of fused-ring (bicyclic) bond motifs is 1. The number of thioether (sulfide) groups is 1. The summed E-state index contributed by atoms with van der Waals surface area (Å²) in [5.74, 6) is 1.25. The molecule has 3 rings (SSSR count). The highest BCUT2D eigenvalue weighted by Crippen LogP contribution is 2.36. The largest absolute Gasteiger partial charge is 0.306 e. The van der Waals surface area contributed by atoms with E-state index < -0.39 is 0 Å². The van der Waals surface area contributed by atoms with Crippen molar-refractivity contribution in [2.45, 2.75) is 49.7 Å². The summed E-state index contributed by atoms with van der Waals surface area (Å²) in [5.41, 5.74) is 1.52. The Kier molecular flexibility index (Phi) is 4.15. The fourth-order valence-corrected chi connectivity index (χ4v) is 4.32. The van der Waals surface area contributed by atoms with E-state index in [1.807, 2.05) is 11.8 Å². The van der Waals surface area contributed by atoms with Crippen LogP contribution in [0.15, 0.2) is 29.2 Å². The third kappa shape index (κ3) is 2.99. The molecule has 0 radical (unpaired) electrons. The van der Waals surface area contributed by atoms with Crippen LogP contribution in [-0.4, -0.2) is 35.8 Å². The maximum Gasteiger partial charge on any atom is 0.0342 e. The predicted molar refractivity (Wildman–Crippen MR) is 82.8 cm³/mol. The van der Waals surface area contributed by atoms with Gasteiger partial charge in [0.25, 0.3) is 0 Å². The second-order valence-electron chi connectivity index (χ2n) is 5.97. The molecule has 3 heteroatoms. The molecular formula is C16H24N2S. The molecule has 19 heavy (non-hydrogen) atoms. The summed E-state index contributed by atoms with van der Waals surface area (Å²) in [5, 5.41) is 3.90. The molecule has 0 bridgehead atoms. The van der Waals surface area contributed by atoms with Gasteiger partial charge in [-0.05, 0) is 50.6 Å². The minimum absolute atomic E-state index is 0.564. The van der Waals surface area contributed by atoms with Crippen LogP contribution in [-0.2, 0) is 0 Å². The second-order valence-corrected chi connectivity index (χ2v) is 7.11. The van der Waals surface area contributed by atoms with E-state index in [2.05, 4.69) is 48.3 Å². The highest BCUT2D eigenvalue weighted by molar-refractivity contribution is 7.99. The van der Waals surface area contributed by atoms with Crippen molar-refractivity contribution in [2.24, 2.45) is 0 Å². The fourth-order valence-electron chi connectivity index (χ4n) is 3.19. The number of nitrogens with zero attached hydrogens (tertiary/aromatic N) is 1. The third-order valence-electron chi connectivity index (χ3n) is 4.35. The summed E-state index contributed by atoms with van der Waals surface area (Å²) in [6.45, 7) is 7.06. The molecule has 2 aliphatic heterocycles. The smallest absolute Gasteiger partial charge is 0.0342 e. The van der Waals surface area contributed by atoms with Crippen molar-refractivity contribution >= 4 is 11.8 Å². The van der Waals surface area contributed by atoms with Crippen LogP contribution in [0.4, 0.5) is 0 Å². The maximum absolute atomic E-state index is 3.90. The molecule has 1 saturated heterocycles. The monoisotopic (exact) mass is 276 g/mol. The Morgan fingerprint density at radius 3 is 2.89 bits per heavy atom. The lowest BCUT2D eigenvalue weighted by Crippen LogP contribution is -2.38. The zero-order chi connectivity index (χ0) is 13.2. The Bertz CT molecular complexity index is 433. The zero-order valence-corrected chi connectivity index (χ0v) is 12.7. The average molecular weight is 276 g/mol. The van der Waals surface area contributed by atoms with E-state index in [1.165, 1.54) is 42.1 Å². The molecule has 2 heterocycles. The van der Waals surface area contributed by atoms with Crippen molar-refractivity contribution in [3.63, 3.8) is 0 Å². The molecule has 2 nitrogen and oxygen atoms in total. The molecule has 2 unspecified atom stereocenters. The predicted octanol–water partition coefficient (Wildman–Crippen LogP) is 3.30. The Balaban J connectivity index is 1.66. The van der Waals surface area contributed by atoms with Crippen LogP contribution >= 0.6 is 11.8 Å². The summed E-state index contributed by atoms with van der Waals surface area (Å²) in [6.07, 6.45) is 2.56. The summed E-state index contributed by atoms with van der Waals surface area (Å²) < 4.78 is 0. The van der Waals surface area contributed by atoms with Gasteiger partial charge in [-0.3, -0.25) is 4.90 Å². The number of likely N-dealkylation sites (tertiary alicyclic amines) is 1. The molecule has 0 spiro atoms. The van der Waals surface area contributed by atoms with Crippen molar-refractivity contribution in [2.75, 3.05) is 18.8 Å². The van der Waals surface area contributed by atoms with Crippen LogP contribution in [0, 0.1) is 0 Å². The third-order valence-corrected chi connectivity index (χ3v) is 5.47. The van der Waals surface area contributed by atoms with Gasteiger partial charge in [0.05, 0.1) is 0 Å². The van der Waals surface area contributed by atoms with Gasteiger partial charge < -0.3 is 5.32 Å². The van der Waals surface area contributed by atoms with Crippen LogP contribution < -0.4 is 5.32 Å². The highest BCUT2D eigenvalue weighted by atomic mass is 32.2. The molecule has 0 aromatic heterocycles. The number of rotatable bonds is 3. The Morgan fingerprint density at radius 1 is 1.26 bits per heavy atom. The summed E-state index contributed by atoms with van der Waals surface area (Å²) in [4.78, 5) is 4.06. The standard InChI is InChI=1S/C16H24N2S/c1-12(2)18-9-7-13(11-18)17-15-8-10-19-16-6-4-3-5-14(15)16/h3-6,12-13,15,17H,7-11H2,1-2H3. The van der Waals surface area contributed by atoms with Gasteiger partial charge in [-0.1, -0.05) is 18.2 Å². The average Bonchev–Trinajstić information content (AvgIpc) is 2.88. The van der Waals surface area contributed by atoms with Gasteiger partial charge in [0.2, 0.25) is 0 Å². The first kappa shape index (κ1) is 13.5. The SMILES string of the molecule is CC(C)N1CCC(NC2CCSc3ccccc32)C1. The fraction of sp³-hybridized carbons (Fsp3) is 0.625. The molecule has 104 valence electrons. The van der Waals surface area contributed by atoms with Gasteiger partial charge in [0, 0.05) is 29.6 Å². The van der Waals surface area contributed by atoms with Crippen molar-refractivity contribution in [1.82, 2.24) is 10.2 Å². The van der Waals surface area contributed by atoms with E-state index in [1.54, 1.807) is 0 Å². The lowest BCUT2D eigenvalue weighted by molar-refractivity contribution is 0.264. The maximum atomic E-state index is 3.90. The zero-order valence-electron chi connectivity index (χ0n) is 11.9. The molecule has 2 aliphatic rings. The van der Waals surface area contributed by atoms with Crippen LogP contribution in [0.1, 0.15) is 38.3 Å². The van der Waals surface area contributed by atoms with Gasteiger partial charge in [-0.25, -0.2) is 0 Å². The number of nitrogens with one attached hydrogen (secondary N) is 1. The molecule has 1 N–H and O–H groups in total. The van der Waals surface area contributed by atoms with E-state index in [4.69, 9.17) is 0 Å². The Hall–Kier alpha value is -0.510. The van der Waals surface area contributed by atoms with E-state index in [0.717, 1.165) is 0 Å². The van der Waals surface area contributed by atoms with E-state index in [0.29, 0.717) is 18.1 Å². The summed E-state index contributed by atoms with van der Waals surface area (Å²) in [7, 11) is 0. The quantitative estimate of drug-likeness (QED) is 0.912. The summed E-state index contributed by atoms with van der Waals surface area (Å²) >= 11 is 2.01. The topological polar surface area (TPSA) is 15.3 Å². The van der Waals surface area contributed by atoms with Crippen molar-refractivity contribution in [3.8, 4) is 0 Å². The molecule has 1 aromatic rings. The van der Waals surface area contributed by atoms with Gasteiger partial charge in [0.15, 0.2) is 0 Å². The molecule has 1 fully saturated rings. The minimum Gasteiger partial charge on any atom is -0.306 e. The van der Waals surface area contributed by atoms with Gasteiger partial charge in [0.1, 0.15) is 0 Å². The van der Waals surface area contributed by atoms with Crippen molar-refractivity contribution in [1.29, 1.82) is 0 Å². The van der Waals surface area contributed by atoms with Crippen LogP contribution in [0.2, 0.25) is 0 Å². The first-order valence-corrected chi connectivity index (χ1v) is 8.44. The van der Waals surface area contributed by atoms with E-state index in [9.17, 15) is 0 Å². The second kappa shape index (κ2) is 5.86. The van der Waals surface area contributed by atoms with Gasteiger partial charge in [-0.2, -0.15) is 0 Å². The normalized spacial score (nSPS) is 27.7. The number of hydrogen-bond acceptors (Lipinski definition) is 3. The molecule has 1 aromatic carbocycles. The number of benzene rings is 1. The van der Waals surface area contributed by atoms with Crippen LogP contribution in [0.25, 0.3) is 0 Å². The lowest BCUT2D eigenvalue weighted by atomic mass is 10.0. The highest BCUT2D eigenvalue weighted by Gasteiger charge is 2.28.